The molecule has 4 aromatic heterocycles. The van der Waals surface area contributed by atoms with E-state index in [0.717, 1.165) is 0 Å². The average molecular weight is 925 g/mol. The number of phenolic OH excluding ortho intramolecular Hbond substituents is 3. The van der Waals surface area contributed by atoms with Gasteiger partial charge in [0.15, 0.2) is 0 Å². The molecule has 0 amide bonds. The van der Waals surface area contributed by atoms with Crippen molar-refractivity contribution in [1.29, 1.82) is 0 Å². The van der Waals surface area contributed by atoms with Crippen molar-refractivity contribution < 1.29 is 29.5 Å². The number of hydrogen-bond donors (Lipinski definition) is 3. The number of rotatable bonds is 9. The van der Waals surface area contributed by atoms with E-state index >= 15 is 0 Å². The van der Waals surface area contributed by atoms with Crippen LogP contribution in [0.3, 0.4) is 0 Å². The third-order valence-electron chi connectivity index (χ3n) is 11.3. The van der Waals surface area contributed by atoms with Crippen LogP contribution in [0, 0.1) is 0 Å². The lowest BCUT2D eigenvalue weighted by Gasteiger charge is -2.25. The normalized spacial score (nSPS) is 12.3. The van der Waals surface area contributed by atoms with Gasteiger partial charge in [0, 0.05) is 34.9 Å². The highest BCUT2D eigenvalue weighted by molar-refractivity contribution is 5.75. The van der Waals surface area contributed by atoms with Gasteiger partial charge in [-0.2, -0.15) is 0 Å². The summed E-state index contributed by atoms with van der Waals surface area (Å²) in [5, 5.41) is 62.2. The van der Waals surface area contributed by atoms with Gasteiger partial charge >= 0.3 is 18.0 Å². The Kier molecular flexibility index (Phi) is 10.4. The quantitative estimate of drug-likeness (QED) is 0.123. The van der Waals surface area contributed by atoms with Crippen molar-refractivity contribution in [1.82, 2.24) is 59.9 Å². The first kappa shape index (κ1) is 44.2. The van der Waals surface area contributed by atoms with E-state index in [1.807, 2.05) is 135 Å². The molecule has 0 aliphatic carbocycles. The van der Waals surface area contributed by atoms with E-state index in [2.05, 4.69) is 45.5 Å². The SMILES string of the molecule is CC(C)(C)c1cc(-n2nc3ccccc3n2)c(O)cc1Oc1nc(Oc2cc(O)c(-n3nc4ccccc4n3)cc2C(C)(C)C)nc(Oc2cc(O)c(-n3nc4ccccc4n3)cc2C(C)(C)C)n1. The van der Waals surface area contributed by atoms with Crippen molar-refractivity contribution in [2.75, 3.05) is 0 Å². The summed E-state index contributed by atoms with van der Waals surface area (Å²) in [4.78, 5) is 18.0. The van der Waals surface area contributed by atoms with Gasteiger partial charge in [0.2, 0.25) is 0 Å². The molecule has 0 atom stereocenters. The van der Waals surface area contributed by atoms with Crippen molar-refractivity contribution in [3.8, 4) is 69.6 Å². The molecule has 0 bridgehead atoms. The number of phenols is 3. The Morgan fingerprint density at radius 2 is 0.565 bits per heavy atom. The molecule has 348 valence electrons. The fourth-order valence-corrected chi connectivity index (χ4v) is 7.82. The highest BCUT2D eigenvalue weighted by Gasteiger charge is 2.29. The van der Waals surface area contributed by atoms with Gasteiger partial charge in [-0.15, -0.1) is 59.9 Å². The van der Waals surface area contributed by atoms with Gasteiger partial charge in [0.25, 0.3) is 0 Å². The van der Waals surface area contributed by atoms with E-state index in [1.54, 1.807) is 18.2 Å². The maximum Gasteiger partial charge on any atom is 0.331 e. The Morgan fingerprint density at radius 1 is 0.348 bits per heavy atom. The summed E-state index contributed by atoms with van der Waals surface area (Å²) >= 11 is 0. The Morgan fingerprint density at radius 3 is 0.768 bits per heavy atom. The topological polar surface area (TPSA) is 219 Å². The highest BCUT2D eigenvalue weighted by Crippen LogP contribution is 2.44. The summed E-state index contributed by atoms with van der Waals surface area (Å²) < 4.78 is 19.5. The molecule has 69 heavy (non-hydrogen) atoms. The predicted molar refractivity (Wildman–Crippen MR) is 258 cm³/mol. The fourth-order valence-electron chi connectivity index (χ4n) is 7.82. The summed E-state index contributed by atoms with van der Waals surface area (Å²) in [7, 11) is 0. The van der Waals surface area contributed by atoms with E-state index in [-0.39, 0.29) is 52.5 Å². The molecule has 10 rings (SSSR count). The molecule has 0 saturated heterocycles. The zero-order valence-electron chi connectivity index (χ0n) is 39.3. The Bertz CT molecular complexity index is 3130. The van der Waals surface area contributed by atoms with Crippen molar-refractivity contribution >= 4 is 33.1 Å². The highest BCUT2D eigenvalue weighted by atomic mass is 16.5. The maximum absolute atomic E-state index is 11.5. The van der Waals surface area contributed by atoms with Crippen LogP contribution in [-0.2, 0) is 16.2 Å². The Balaban J connectivity index is 1.09. The van der Waals surface area contributed by atoms with Crippen molar-refractivity contribution in [2.24, 2.45) is 0 Å². The molecule has 0 saturated carbocycles. The van der Waals surface area contributed by atoms with Crippen LogP contribution in [-0.4, -0.2) is 75.3 Å². The lowest BCUT2D eigenvalue weighted by atomic mass is 9.86. The standard InChI is InChI=1S/C51H48N12O6/c1-49(2,3)28-22-37(61-55-31-16-10-11-17-32(31)56-61)40(64)25-43(28)67-46-52-47(68-44-26-41(65)38(23-29(44)50(4,5)6)62-57-33-18-12-13-19-34(33)58-62)54-48(53-46)69-45-27-42(66)39(24-30(45)51(7,8)9)63-59-35-20-14-15-21-36(35)60-63/h10-27,64-66H,1-9H3. The molecule has 10 aromatic rings. The van der Waals surface area contributed by atoms with Gasteiger partial charge in [-0.3, -0.25) is 0 Å². The second-order valence-electron chi connectivity index (χ2n) is 19.7. The van der Waals surface area contributed by atoms with E-state index in [1.165, 1.54) is 32.6 Å². The van der Waals surface area contributed by atoms with Crippen molar-refractivity contribution in [3.05, 3.63) is 126 Å². The third-order valence-corrected chi connectivity index (χ3v) is 11.3. The summed E-state index contributed by atoms with van der Waals surface area (Å²) in [6.45, 7) is 18.0. The molecule has 0 unspecified atom stereocenters. The molecule has 18 nitrogen and oxygen atoms in total. The summed E-state index contributed by atoms with van der Waals surface area (Å²) in [5.74, 6) is 0.144. The molecule has 0 spiro atoms. The fraction of sp³-hybridized carbons (Fsp3) is 0.235. The largest absolute Gasteiger partial charge is 0.505 e. The average Bonchev–Trinajstić information content (AvgIpc) is 4.02. The number of ether oxygens (including phenoxy) is 3. The predicted octanol–water partition coefficient (Wildman–Crippen LogP) is 10.5. The summed E-state index contributed by atoms with van der Waals surface area (Å²) in [6, 6.07) is 31.1. The smallest absolute Gasteiger partial charge is 0.331 e. The third kappa shape index (κ3) is 8.63. The van der Waals surface area contributed by atoms with Gasteiger partial charge in [0.05, 0.1) is 0 Å². The van der Waals surface area contributed by atoms with Gasteiger partial charge in [-0.25, -0.2) is 0 Å². The number of hydrogen-bond acceptors (Lipinski definition) is 15. The zero-order chi connectivity index (χ0) is 48.6. The molecule has 4 heterocycles. The molecular formula is C51H48N12O6. The molecular weight excluding hydrogens is 877 g/mol. The lowest BCUT2D eigenvalue weighted by molar-refractivity contribution is 0.348. The number of nitrogens with zero attached hydrogens (tertiary/aromatic N) is 12. The van der Waals surface area contributed by atoms with Gasteiger partial charge in [-0.05, 0) is 70.8 Å². The van der Waals surface area contributed by atoms with Crippen molar-refractivity contribution in [2.45, 2.75) is 78.6 Å². The van der Waals surface area contributed by atoms with Crippen LogP contribution in [0.1, 0.15) is 79.0 Å². The van der Waals surface area contributed by atoms with Gasteiger partial charge in [0.1, 0.15) is 84.7 Å². The minimum absolute atomic E-state index is 0.171. The Labute approximate surface area is 395 Å². The molecule has 0 fully saturated rings. The molecule has 0 radical (unpaired) electrons. The van der Waals surface area contributed by atoms with E-state index in [0.29, 0.717) is 66.9 Å². The minimum Gasteiger partial charge on any atom is -0.505 e. The van der Waals surface area contributed by atoms with E-state index < -0.39 is 16.2 Å². The van der Waals surface area contributed by atoms with Crippen LogP contribution in [0.4, 0.5) is 0 Å². The number of benzene rings is 6. The first-order chi connectivity index (χ1) is 32.7. The zero-order valence-corrected chi connectivity index (χ0v) is 39.3. The van der Waals surface area contributed by atoms with Crippen LogP contribution in [0.2, 0.25) is 0 Å². The van der Waals surface area contributed by atoms with Crippen LogP contribution in [0.15, 0.2) is 109 Å². The van der Waals surface area contributed by atoms with Crippen LogP contribution in [0.5, 0.6) is 52.5 Å². The first-order valence-electron chi connectivity index (χ1n) is 22.1. The minimum atomic E-state index is -0.553. The number of fused-ring (bicyclic) bond motifs is 3. The molecule has 6 aromatic carbocycles. The summed E-state index contributed by atoms with van der Waals surface area (Å²) in [5.41, 5.74) is 5.28. The molecule has 0 aliphatic heterocycles. The number of aromatic hydroxyl groups is 3. The van der Waals surface area contributed by atoms with Crippen LogP contribution < -0.4 is 14.2 Å². The van der Waals surface area contributed by atoms with Gasteiger partial charge in [-0.1, -0.05) is 98.7 Å². The monoisotopic (exact) mass is 924 g/mol. The molecule has 0 aliphatic rings. The van der Waals surface area contributed by atoms with Crippen molar-refractivity contribution in [3.63, 3.8) is 0 Å². The maximum atomic E-state index is 11.5. The van der Waals surface area contributed by atoms with Gasteiger partial charge < -0.3 is 29.5 Å². The van der Waals surface area contributed by atoms with E-state index in [4.69, 9.17) is 14.2 Å². The molecule has 18 heteroatoms. The number of aromatic nitrogens is 12. The first-order valence-corrected chi connectivity index (χ1v) is 22.1. The summed E-state index contributed by atoms with van der Waals surface area (Å²) in [6.07, 6.45) is 0. The second-order valence-corrected chi connectivity index (χ2v) is 19.7. The van der Waals surface area contributed by atoms with E-state index in [9.17, 15) is 15.3 Å². The van der Waals surface area contributed by atoms with Crippen LogP contribution >= 0.6 is 0 Å². The van der Waals surface area contributed by atoms with Crippen LogP contribution in [0.25, 0.3) is 50.2 Å². The molecule has 3 N–H and O–H groups in total. The Hall–Kier alpha value is -8.67. The lowest BCUT2D eigenvalue weighted by Crippen LogP contribution is -2.16. The second kappa shape index (κ2) is 16.3.